The number of anilines is 1. The standard InChI is InChI=1S/C10H10Cl3FN2O/c1-6(17)15-9(10(11,12)13)16-8-5-3-2-4-7(8)14/h2-5,9,16H,1H3,(H,15,17)/t9-/m1/s1. The normalized spacial score (nSPS) is 13.0. The molecule has 0 bridgehead atoms. The number of para-hydroxylation sites is 1. The molecule has 0 saturated heterocycles. The number of carbonyl (C=O) groups is 1. The highest BCUT2D eigenvalue weighted by Crippen LogP contribution is 2.31. The maximum Gasteiger partial charge on any atom is 0.228 e. The molecule has 1 amide bonds. The molecule has 0 aromatic heterocycles. The molecule has 7 heteroatoms. The third-order valence-corrected chi connectivity index (χ3v) is 2.50. The van der Waals surface area contributed by atoms with Crippen molar-refractivity contribution in [1.29, 1.82) is 0 Å². The van der Waals surface area contributed by atoms with Crippen molar-refractivity contribution in [1.82, 2.24) is 5.32 Å². The van der Waals surface area contributed by atoms with E-state index in [0.717, 1.165) is 0 Å². The number of alkyl halides is 3. The minimum absolute atomic E-state index is 0.137. The van der Waals surface area contributed by atoms with Crippen LogP contribution in [0.1, 0.15) is 6.92 Å². The molecule has 0 fully saturated rings. The van der Waals surface area contributed by atoms with Crippen molar-refractivity contribution >= 4 is 46.4 Å². The molecule has 0 saturated carbocycles. The number of benzene rings is 1. The fraction of sp³-hybridized carbons (Fsp3) is 0.300. The minimum atomic E-state index is -1.80. The second-order valence-electron chi connectivity index (χ2n) is 3.30. The van der Waals surface area contributed by atoms with E-state index >= 15 is 0 Å². The molecular weight excluding hydrogens is 289 g/mol. The number of hydrogen-bond acceptors (Lipinski definition) is 2. The zero-order valence-corrected chi connectivity index (χ0v) is 11.1. The van der Waals surface area contributed by atoms with Crippen LogP contribution in [0.25, 0.3) is 0 Å². The summed E-state index contributed by atoms with van der Waals surface area (Å²) < 4.78 is 11.6. The first kappa shape index (κ1) is 14.4. The van der Waals surface area contributed by atoms with Crippen molar-refractivity contribution in [2.75, 3.05) is 5.32 Å². The van der Waals surface area contributed by atoms with E-state index in [4.69, 9.17) is 34.8 Å². The van der Waals surface area contributed by atoms with Gasteiger partial charge in [-0.05, 0) is 12.1 Å². The highest BCUT2D eigenvalue weighted by atomic mass is 35.6. The van der Waals surface area contributed by atoms with E-state index in [9.17, 15) is 9.18 Å². The molecule has 0 spiro atoms. The van der Waals surface area contributed by atoms with Crippen LogP contribution in [-0.4, -0.2) is 15.9 Å². The van der Waals surface area contributed by atoms with E-state index in [0.29, 0.717) is 0 Å². The number of carbonyl (C=O) groups excluding carboxylic acids is 1. The topological polar surface area (TPSA) is 41.1 Å². The molecule has 1 aromatic rings. The van der Waals surface area contributed by atoms with E-state index in [1.165, 1.54) is 25.1 Å². The summed E-state index contributed by atoms with van der Waals surface area (Å²) in [5.41, 5.74) is 0.137. The Kier molecular flexibility index (Phi) is 4.86. The summed E-state index contributed by atoms with van der Waals surface area (Å²) in [7, 11) is 0. The Bertz CT molecular complexity index is 409. The smallest absolute Gasteiger partial charge is 0.228 e. The van der Waals surface area contributed by atoms with Crippen molar-refractivity contribution in [3.8, 4) is 0 Å². The van der Waals surface area contributed by atoms with Crippen molar-refractivity contribution in [3.05, 3.63) is 30.1 Å². The first-order valence-corrected chi connectivity index (χ1v) is 5.79. The van der Waals surface area contributed by atoms with Gasteiger partial charge in [-0.25, -0.2) is 4.39 Å². The van der Waals surface area contributed by atoms with Crippen LogP contribution in [-0.2, 0) is 4.79 Å². The van der Waals surface area contributed by atoms with Gasteiger partial charge in [0.1, 0.15) is 12.0 Å². The zero-order chi connectivity index (χ0) is 13.1. The minimum Gasteiger partial charge on any atom is -0.359 e. The molecule has 0 aliphatic rings. The summed E-state index contributed by atoms with van der Waals surface area (Å²) in [6.07, 6.45) is -1.03. The second kappa shape index (κ2) is 5.76. The lowest BCUT2D eigenvalue weighted by molar-refractivity contribution is -0.119. The Balaban J connectivity index is 2.87. The van der Waals surface area contributed by atoms with Crippen LogP contribution in [0.2, 0.25) is 0 Å². The van der Waals surface area contributed by atoms with Gasteiger partial charge in [0.2, 0.25) is 9.70 Å². The SMILES string of the molecule is CC(=O)N[C@H](Nc1ccccc1F)C(Cl)(Cl)Cl. The number of nitrogens with one attached hydrogen (secondary N) is 2. The molecule has 0 unspecified atom stereocenters. The lowest BCUT2D eigenvalue weighted by atomic mass is 10.3. The molecule has 0 aliphatic heterocycles. The molecule has 1 atom stereocenters. The lowest BCUT2D eigenvalue weighted by Crippen LogP contribution is -2.48. The van der Waals surface area contributed by atoms with Crippen molar-refractivity contribution < 1.29 is 9.18 Å². The van der Waals surface area contributed by atoms with Gasteiger partial charge in [-0.3, -0.25) is 4.79 Å². The Hall–Kier alpha value is -0.710. The summed E-state index contributed by atoms with van der Waals surface area (Å²) in [6, 6.07) is 5.88. The Morgan fingerprint density at radius 3 is 2.41 bits per heavy atom. The molecule has 17 heavy (non-hydrogen) atoms. The van der Waals surface area contributed by atoms with Gasteiger partial charge in [-0.1, -0.05) is 46.9 Å². The molecule has 3 nitrogen and oxygen atoms in total. The monoisotopic (exact) mass is 298 g/mol. The van der Waals surface area contributed by atoms with Crippen LogP contribution < -0.4 is 10.6 Å². The Labute approximate surface area is 113 Å². The Morgan fingerprint density at radius 2 is 1.94 bits per heavy atom. The van der Waals surface area contributed by atoms with Crippen molar-refractivity contribution in [3.63, 3.8) is 0 Å². The highest BCUT2D eigenvalue weighted by Gasteiger charge is 2.33. The number of halogens is 4. The van der Waals surface area contributed by atoms with E-state index in [2.05, 4.69) is 10.6 Å². The van der Waals surface area contributed by atoms with Gasteiger partial charge >= 0.3 is 0 Å². The number of rotatable bonds is 3. The number of amides is 1. The lowest BCUT2D eigenvalue weighted by Gasteiger charge is -2.27. The van der Waals surface area contributed by atoms with E-state index in [1.54, 1.807) is 6.07 Å². The van der Waals surface area contributed by atoms with E-state index in [-0.39, 0.29) is 5.69 Å². The summed E-state index contributed by atoms with van der Waals surface area (Å²) in [5.74, 6) is -0.901. The summed E-state index contributed by atoms with van der Waals surface area (Å²) in [5, 5.41) is 5.00. The molecular formula is C10H10Cl3FN2O. The predicted octanol–water partition coefficient (Wildman–Crippen LogP) is 3.07. The summed E-state index contributed by atoms with van der Waals surface area (Å²) >= 11 is 17.0. The number of hydrogen-bond donors (Lipinski definition) is 2. The predicted molar refractivity (Wildman–Crippen MR) is 67.9 cm³/mol. The Morgan fingerprint density at radius 1 is 1.35 bits per heavy atom. The maximum absolute atomic E-state index is 13.4. The van der Waals surface area contributed by atoms with Crippen LogP contribution in [0.15, 0.2) is 24.3 Å². The van der Waals surface area contributed by atoms with Crippen molar-refractivity contribution in [2.24, 2.45) is 0 Å². The van der Waals surface area contributed by atoms with Crippen LogP contribution in [0, 0.1) is 5.82 Å². The van der Waals surface area contributed by atoms with Gasteiger partial charge in [0.05, 0.1) is 5.69 Å². The maximum atomic E-state index is 13.4. The van der Waals surface area contributed by atoms with Gasteiger partial charge in [-0.15, -0.1) is 0 Å². The first-order valence-electron chi connectivity index (χ1n) is 4.65. The highest BCUT2D eigenvalue weighted by molar-refractivity contribution is 6.68. The molecule has 2 N–H and O–H groups in total. The zero-order valence-electron chi connectivity index (χ0n) is 8.81. The van der Waals surface area contributed by atoms with E-state index in [1.807, 2.05) is 0 Å². The molecule has 1 rings (SSSR count). The largest absolute Gasteiger partial charge is 0.359 e. The molecule has 0 radical (unpaired) electrons. The van der Waals surface area contributed by atoms with Crippen LogP contribution >= 0.6 is 34.8 Å². The third-order valence-electron chi connectivity index (χ3n) is 1.85. The average molecular weight is 300 g/mol. The molecule has 0 aliphatic carbocycles. The van der Waals surface area contributed by atoms with Gasteiger partial charge in [-0.2, -0.15) is 0 Å². The summed E-state index contributed by atoms with van der Waals surface area (Å²) in [6.45, 7) is 1.27. The van der Waals surface area contributed by atoms with Crippen LogP contribution in [0.4, 0.5) is 10.1 Å². The summed E-state index contributed by atoms with van der Waals surface area (Å²) in [4.78, 5) is 11.0. The van der Waals surface area contributed by atoms with Gasteiger partial charge in [0.15, 0.2) is 0 Å². The van der Waals surface area contributed by atoms with Gasteiger partial charge in [0, 0.05) is 6.92 Å². The molecule has 94 valence electrons. The second-order valence-corrected chi connectivity index (χ2v) is 5.67. The van der Waals surface area contributed by atoms with Crippen LogP contribution in [0.5, 0.6) is 0 Å². The fourth-order valence-electron chi connectivity index (χ4n) is 1.14. The quantitative estimate of drug-likeness (QED) is 0.665. The fourth-order valence-corrected chi connectivity index (χ4v) is 1.46. The first-order chi connectivity index (χ1) is 7.80. The molecule has 0 heterocycles. The third kappa shape index (κ3) is 4.58. The van der Waals surface area contributed by atoms with Crippen molar-refractivity contribution in [2.45, 2.75) is 16.9 Å². The molecule has 1 aromatic carbocycles. The van der Waals surface area contributed by atoms with E-state index < -0.39 is 21.7 Å². The van der Waals surface area contributed by atoms with Gasteiger partial charge in [0.25, 0.3) is 0 Å². The average Bonchev–Trinajstić information content (AvgIpc) is 2.18. The van der Waals surface area contributed by atoms with Gasteiger partial charge < -0.3 is 10.6 Å². The van der Waals surface area contributed by atoms with Crippen LogP contribution in [0.3, 0.4) is 0 Å².